The molecule has 0 bridgehead atoms. The zero-order chi connectivity index (χ0) is 35.8. The fourth-order valence-electron chi connectivity index (χ4n) is 4.79. The lowest BCUT2D eigenvalue weighted by molar-refractivity contribution is -0.137. The van der Waals surface area contributed by atoms with Crippen molar-refractivity contribution in [1.82, 2.24) is 4.98 Å². The van der Waals surface area contributed by atoms with Crippen LogP contribution in [-0.2, 0) is 9.53 Å². The van der Waals surface area contributed by atoms with E-state index in [1.165, 1.54) is 0 Å². The monoisotopic (exact) mass is 722 g/mol. The second-order valence-electron chi connectivity index (χ2n) is 11.0. The molecule has 4 aromatic carbocycles. The molecule has 51 heavy (non-hydrogen) atoms. The number of esters is 2. The lowest BCUT2D eigenvalue weighted by atomic mass is 10.2. The standard InChI is InChI=1S/C39H38N4O6S2/c1-4-37(44)48-24-12-6-5-11-23-47-30-19-17-28(18-20-30)38(45)49-31-21-22-34(46-3)29(25-31)26-41-43(27-50-35-15-9-7-13-32(35)40-2)39-42-33-14-8-10-16-36(33)51-39/h4,7-10,13-22,25-26H,1-2,5-6,11-12,23-24,27H2,3H3/b41-26+. The van der Waals surface area contributed by atoms with E-state index in [0.29, 0.717) is 47.5 Å². The number of unbranched alkanes of at least 4 members (excludes halogenated alkanes) is 3. The number of carbonyl (C=O) groups is 2. The van der Waals surface area contributed by atoms with E-state index in [4.69, 9.17) is 29.0 Å². The van der Waals surface area contributed by atoms with Gasteiger partial charge in [-0.15, -0.1) is 0 Å². The summed E-state index contributed by atoms with van der Waals surface area (Å²) in [4.78, 5) is 34.1. The summed E-state index contributed by atoms with van der Waals surface area (Å²) in [6.45, 7) is 8.01. The smallest absolute Gasteiger partial charge is 0.343 e. The van der Waals surface area contributed by atoms with Crippen LogP contribution in [0.4, 0.5) is 10.8 Å². The molecule has 0 saturated carbocycles. The Morgan fingerprint density at radius 3 is 2.43 bits per heavy atom. The number of anilines is 1. The van der Waals surface area contributed by atoms with Crippen LogP contribution >= 0.6 is 23.1 Å². The Morgan fingerprint density at radius 1 is 0.922 bits per heavy atom. The summed E-state index contributed by atoms with van der Waals surface area (Å²) < 4.78 is 23.2. The van der Waals surface area contributed by atoms with E-state index in [1.54, 1.807) is 78.9 Å². The first-order valence-electron chi connectivity index (χ1n) is 16.3. The summed E-state index contributed by atoms with van der Waals surface area (Å²) in [5, 5.41) is 7.36. The minimum absolute atomic E-state index is 0.341. The Labute approximate surface area is 305 Å². The van der Waals surface area contributed by atoms with Gasteiger partial charge in [0.05, 0.1) is 53.9 Å². The number of hydrogen-bond acceptors (Lipinski definition) is 12. The van der Waals surface area contributed by atoms with Gasteiger partial charge in [-0.3, -0.25) is 4.99 Å². The zero-order valence-electron chi connectivity index (χ0n) is 28.2. The van der Waals surface area contributed by atoms with E-state index >= 15 is 0 Å². The van der Waals surface area contributed by atoms with Gasteiger partial charge in [-0.25, -0.2) is 19.6 Å². The first-order valence-corrected chi connectivity index (χ1v) is 18.1. The highest BCUT2D eigenvalue weighted by Crippen LogP contribution is 2.34. The van der Waals surface area contributed by atoms with Crippen LogP contribution in [0.1, 0.15) is 41.6 Å². The molecule has 0 aliphatic heterocycles. The fraction of sp³-hybridized carbons (Fsp3) is 0.205. The van der Waals surface area contributed by atoms with E-state index in [2.05, 4.69) is 18.3 Å². The van der Waals surface area contributed by atoms with Crippen molar-refractivity contribution in [3.05, 3.63) is 115 Å². The van der Waals surface area contributed by atoms with Gasteiger partial charge in [-0.05, 0) is 99.1 Å². The van der Waals surface area contributed by atoms with Gasteiger partial charge in [0.15, 0.2) is 0 Å². The Morgan fingerprint density at radius 2 is 1.67 bits per heavy atom. The molecule has 262 valence electrons. The summed E-state index contributed by atoms with van der Waals surface area (Å²) in [6.07, 6.45) is 6.37. The highest BCUT2D eigenvalue weighted by atomic mass is 32.2. The van der Waals surface area contributed by atoms with Crippen LogP contribution in [-0.4, -0.2) is 56.1 Å². The number of nitrogens with zero attached hydrogens (tertiary/aromatic N) is 4. The highest BCUT2D eigenvalue weighted by Gasteiger charge is 2.15. The van der Waals surface area contributed by atoms with Gasteiger partial charge in [-0.1, -0.05) is 53.9 Å². The molecule has 5 aromatic rings. The molecule has 0 fully saturated rings. The number of aliphatic imine (C=N–C) groups is 1. The average molecular weight is 723 g/mol. The molecule has 12 heteroatoms. The number of ether oxygens (including phenoxy) is 4. The molecule has 0 atom stereocenters. The quantitative estimate of drug-likeness (QED) is 0.0120. The SMILES string of the molecule is C=CC(=O)OCCCCCCOc1ccc(C(=O)Oc2ccc(OC)c(/C=N/N(CSc3ccccc3N=C)c3nc4ccccc4s3)c2)cc1. The molecule has 1 heterocycles. The first kappa shape index (κ1) is 36.8. The molecule has 0 aliphatic carbocycles. The Kier molecular flexibility index (Phi) is 13.8. The topological polar surface area (TPSA) is 112 Å². The van der Waals surface area contributed by atoms with Crippen LogP contribution in [0.15, 0.2) is 119 Å². The lowest BCUT2D eigenvalue weighted by Crippen LogP contribution is -2.15. The number of aromatic nitrogens is 1. The number of rotatable bonds is 19. The number of fused-ring (bicyclic) bond motifs is 1. The maximum absolute atomic E-state index is 13.1. The number of para-hydroxylation sites is 2. The molecular weight excluding hydrogens is 685 g/mol. The number of hydrogen-bond donors (Lipinski definition) is 0. The van der Waals surface area contributed by atoms with E-state index in [0.717, 1.165) is 57.7 Å². The van der Waals surface area contributed by atoms with Crippen LogP contribution < -0.4 is 19.2 Å². The maximum atomic E-state index is 13.1. The third-order valence-corrected chi connectivity index (χ3v) is 9.52. The molecular formula is C39H38N4O6S2. The molecule has 10 nitrogen and oxygen atoms in total. The van der Waals surface area contributed by atoms with Crippen LogP contribution in [0.5, 0.6) is 17.2 Å². The van der Waals surface area contributed by atoms with E-state index < -0.39 is 11.9 Å². The van der Waals surface area contributed by atoms with E-state index in [-0.39, 0.29) is 0 Å². The zero-order valence-corrected chi connectivity index (χ0v) is 29.9. The molecule has 5 rings (SSSR count). The molecule has 0 amide bonds. The van der Waals surface area contributed by atoms with Gasteiger partial charge in [0.2, 0.25) is 5.13 Å². The molecule has 0 N–H and O–H groups in total. The summed E-state index contributed by atoms with van der Waals surface area (Å²) in [5.74, 6) is 1.12. The van der Waals surface area contributed by atoms with Crippen molar-refractivity contribution in [3.8, 4) is 17.2 Å². The van der Waals surface area contributed by atoms with Gasteiger partial charge in [0, 0.05) is 16.5 Å². The summed E-state index contributed by atoms with van der Waals surface area (Å²) in [5.41, 5.74) is 2.69. The van der Waals surface area contributed by atoms with Gasteiger partial charge in [0.25, 0.3) is 0 Å². The van der Waals surface area contributed by atoms with Gasteiger partial charge >= 0.3 is 11.9 Å². The van der Waals surface area contributed by atoms with Crippen molar-refractivity contribution in [2.45, 2.75) is 30.6 Å². The van der Waals surface area contributed by atoms with E-state index in [9.17, 15) is 9.59 Å². The van der Waals surface area contributed by atoms with Crippen molar-refractivity contribution in [2.24, 2.45) is 10.1 Å². The number of methoxy groups -OCH3 is 1. The van der Waals surface area contributed by atoms with Crippen molar-refractivity contribution < 1.29 is 28.5 Å². The average Bonchev–Trinajstić information content (AvgIpc) is 3.60. The predicted octanol–water partition coefficient (Wildman–Crippen LogP) is 9.11. The van der Waals surface area contributed by atoms with Crippen molar-refractivity contribution in [3.63, 3.8) is 0 Å². The molecule has 0 aliphatic rings. The Hall–Kier alpha value is -5.46. The van der Waals surface area contributed by atoms with E-state index in [1.807, 2.05) is 53.5 Å². The number of carbonyl (C=O) groups excluding carboxylic acids is 2. The third-order valence-electron chi connectivity index (χ3n) is 7.44. The Bertz CT molecular complexity index is 1950. The minimum Gasteiger partial charge on any atom is -0.496 e. The summed E-state index contributed by atoms with van der Waals surface area (Å²) in [6, 6.07) is 27.7. The largest absolute Gasteiger partial charge is 0.496 e. The van der Waals surface area contributed by atoms with Crippen LogP contribution in [0.2, 0.25) is 0 Å². The maximum Gasteiger partial charge on any atom is 0.343 e. The molecule has 0 radical (unpaired) electrons. The highest BCUT2D eigenvalue weighted by molar-refractivity contribution is 7.99. The first-order chi connectivity index (χ1) is 25.0. The summed E-state index contributed by atoms with van der Waals surface area (Å²) in [7, 11) is 1.58. The number of hydrazone groups is 1. The number of thiazole rings is 1. The minimum atomic E-state index is -0.506. The van der Waals surface area contributed by atoms with Gasteiger partial charge < -0.3 is 18.9 Å². The molecule has 0 unspecified atom stereocenters. The predicted molar refractivity (Wildman–Crippen MR) is 206 cm³/mol. The van der Waals surface area contributed by atoms with Crippen molar-refractivity contribution in [2.75, 3.05) is 31.2 Å². The molecule has 0 spiro atoms. The van der Waals surface area contributed by atoms with Crippen molar-refractivity contribution >= 4 is 69.0 Å². The van der Waals surface area contributed by atoms with Crippen LogP contribution in [0.3, 0.4) is 0 Å². The van der Waals surface area contributed by atoms with Crippen LogP contribution in [0.25, 0.3) is 10.2 Å². The fourth-order valence-corrected chi connectivity index (χ4v) is 6.70. The molecule has 0 saturated heterocycles. The third kappa shape index (κ3) is 10.8. The second kappa shape index (κ2) is 19.1. The Balaban J connectivity index is 1.21. The van der Waals surface area contributed by atoms with Crippen molar-refractivity contribution in [1.29, 1.82) is 0 Å². The summed E-state index contributed by atoms with van der Waals surface area (Å²) >= 11 is 3.11. The van der Waals surface area contributed by atoms with Gasteiger partial charge in [0.1, 0.15) is 17.2 Å². The van der Waals surface area contributed by atoms with Gasteiger partial charge in [-0.2, -0.15) is 5.10 Å². The number of benzene rings is 4. The normalized spacial score (nSPS) is 10.9. The second-order valence-corrected chi connectivity index (χ2v) is 13.0. The number of thioether (sulfide) groups is 1. The lowest BCUT2D eigenvalue weighted by Gasteiger charge is -2.16. The molecule has 1 aromatic heterocycles. The van der Waals surface area contributed by atoms with Crippen LogP contribution in [0, 0.1) is 0 Å².